The number of aromatic nitrogens is 1. The summed E-state index contributed by atoms with van der Waals surface area (Å²) < 4.78 is 55.6. The topological polar surface area (TPSA) is 93.4 Å². The number of pyridine rings is 1. The van der Waals surface area contributed by atoms with Crippen LogP contribution < -0.4 is 20.1 Å². The number of amides is 2. The van der Waals surface area contributed by atoms with Crippen LogP contribution in [-0.2, 0) is 4.74 Å². The van der Waals surface area contributed by atoms with Gasteiger partial charge in [0.05, 0.1) is 25.8 Å². The van der Waals surface area contributed by atoms with E-state index in [1.807, 2.05) is 15.9 Å². The molecule has 2 aliphatic rings. The zero-order chi connectivity index (χ0) is 28.3. The zero-order valence-electron chi connectivity index (χ0n) is 22.2. The van der Waals surface area contributed by atoms with Crippen LogP contribution >= 0.6 is 0 Å². The Morgan fingerprint density at radius 2 is 1.75 bits per heavy atom. The number of ether oxygens (including phenoxy) is 3. The summed E-state index contributed by atoms with van der Waals surface area (Å²) in [6.45, 7) is 3.16. The molecular formula is C28H32F3N5O4. The van der Waals surface area contributed by atoms with Gasteiger partial charge in [-0.3, -0.25) is 0 Å². The number of morpholine rings is 1. The van der Waals surface area contributed by atoms with Crippen LogP contribution in [0.25, 0.3) is 22.0 Å². The van der Waals surface area contributed by atoms with Gasteiger partial charge in [-0.25, -0.2) is 9.78 Å². The Balaban J connectivity index is 1.49. The van der Waals surface area contributed by atoms with Gasteiger partial charge in [-0.05, 0) is 12.0 Å². The lowest BCUT2D eigenvalue weighted by atomic mass is 9.97. The molecule has 9 nitrogen and oxygen atoms in total. The summed E-state index contributed by atoms with van der Waals surface area (Å²) >= 11 is 0. The minimum atomic E-state index is -4.54. The molecule has 2 fully saturated rings. The summed E-state index contributed by atoms with van der Waals surface area (Å²) in [5.41, 5.74) is 8.41. The maximum atomic E-state index is 13.1. The summed E-state index contributed by atoms with van der Waals surface area (Å²) in [5, 5.41) is 0.479. The summed E-state index contributed by atoms with van der Waals surface area (Å²) in [6, 6.07) is 12.2. The van der Waals surface area contributed by atoms with Crippen LogP contribution in [0.4, 0.5) is 29.5 Å². The Morgan fingerprint density at radius 1 is 1.02 bits per heavy atom. The maximum Gasteiger partial charge on any atom is 0.422 e. The van der Waals surface area contributed by atoms with Gasteiger partial charge in [0.1, 0.15) is 5.82 Å². The second-order valence-electron chi connectivity index (χ2n) is 9.73. The summed E-state index contributed by atoms with van der Waals surface area (Å²) in [6.07, 6.45) is -3.79. The van der Waals surface area contributed by atoms with Crippen molar-refractivity contribution in [1.29, 1.82) is 0 Å². The highest BCUT2D eigenvalue weighted by atomic mass is 19.4. The molecule has 2 aromatic carbocycles. The molecule has 2 aliphatic heterocycles. The number of nitrogens with zero attached hydrogens (tertiary/aromatic N) is 4. The van der Waals surface area contributed by atoms with Crippen LogP contribution in [0.3, 0.4) is 0 Å². The quantitative estimate of drug-likeness (QED) is 0.496. The standard InChI is InChI=1S/C28H32F3N5O4/c1-38-22-17-21-25(24(19-6-3-2-4-7-19)26(22)40-18-28(29,30)31)20(32)16-23(33-21)34-8-5-9-35(11-10-34)27(37)36-12-14-39-15-13-36/h2-4,6-7,16-17H,5,8-15,18H2,1H3,(H2,32,33). The Labute approximate surface area is 230 Å². The lowest BCUT2D eigenvalue weighted by Crippen LogP contribution is -2.49. The molecular weight excluding hydrogens is 527 g/mol. The third-order valence-corrected chi connectivity index (χ3v) is 7.07. The SMILES string of the molecule is COc1cc2nc(N3CCCN(C(=O)N4CCOCC4)CC3)cc(N)c2c(-c2ccccc2)c1OCC(F)(F)F. The monoisotopic (exact) mass is 559 g/mol. The number of methoxy groups -OCH3 is 1. The number of carbonyl (C=O) groups excluding carboxylic acids is 1. The smallest absolute Gasteiger partial charge is 0.422 e. The molecule has 0 atom stereocenters. The van der Waals surface area contributed by atoms with Crippen molar-refractivity contribution in [3.05, 3.63) is 42.5 Å². The average Bonchev–Trinajstić information content (AvgIpc) is 3.22. The lowest BCUT2D eigenvalue weighted by molar-refractivity contribution is -0.153. The van der Waals surface area contributed by atoms with Crippen LogP contribution in [0.1, 0.15) is 6.42 Å². The number of alkyl halides is 3. The fraction of sp³-hybridized carbons (Fsp3) is 0.429. The third kappa shape index (κ3) is 5.96. The zero-order valence-corrected chi connectivity index (χ0v) is 22.2. The minimum Gasteiger partial charge on any atom is -0.493 e. The van der Waals surface area contributed by atoms with E-state index in [-0.39, 0.29) is 17.5 Å². The van der Waals surface area contributed by atoms with E-state index in [1.165, 1.54) is 7.11 Å². The third-order valence-electron chi connectivity index (χ3n) is 7.07. The van der Waals surface area contributed by atoms with Crippen molar-refractivity contribution >= 4 is 28.4 Å². The van der Waals surface area contributed by atoms with Crippen LogP contribution in [-0.4, -0.2) is 93.2 Å². The van der Waals surface area contributed by atoms with Crippen molar-refractivity contribution in [1.82, 2.24) is 14.8 Å². The van der Waals surface area contributed by atoms with E-state index in [1.54, 1.807) is 36.4 Å². The van der Waals surface area contributed by atoms with Gasteiger partial charge in [-0.1, -0.05) is 30.3 Å². The van der Waals surface area contributed by atoms with Crippen LogP contribution in [0.5, 0.6) is 11.5 Å². The van der Waals surface area contributed by atoms with Gasteiger partial charge >= 0.3 is 12.2 Å². The molecule has 3 heterocycles. The number of urea groups is 1. The molecule has 2 N–H and O–H groups in total. The molecule has 0 aliphatic carbocycles. The van der Waals surface area contributed by atoms with Gasteiger partial charge in [0.15, 0.2) is 18.1 Å². The van der Waals surface area contributed by atoms with Crippen molar-refractivity contribution in [3.8, 4) is 22.6 Å². The first-order valence-corrected chi connectivity index (χ1v) is 13.2. The van der Waals surface area contributed by atoms with E-state index in [4.69, 9.17) is 24.9 Å². The van der Waals surface area contributed by atoms with E-state index in [0.29, 0.717) is 86.0 Å². The van der Waals surface area contributed by atoms with Crippen molar-refractivity contribution < 1.29 is 32.2 Å². The summed E-state index contributed by atoms with van der Waals surface area (Å²) in [5.74, 6) is 0.695. The molecule has 1 aromatic heterocycles. The van der Waals surface area contributed by atoms with Gasteiger partial charge in [-0.2, -0.15) is 13.2 Å². The Kier molecular flexibility index (Phi) is 8.06. The van der Waals surface area contributed by atoms with E-state index in [2.05, 4.69) is 4.90 Å². The fourth-order valence-electron chi connectivity index (χ4n) is 5.16. The van der Waals surface area contributed by atoms with Crippen molar-refractivity contribution in [2.75, 3.05) is 76.8 Å². The predicted octanol–water partition coefficient (Wildman–Crippen LogP) is 4.40. The molecule has 0 radical (unpaired) electrons. The van der Waals surface area contributed by atoms with Gasteiger partial charge in [0.2, 0.25) is 0 Å². The molecule has 0 saturated carbocycles. The first-order valence-electron chi connectivity index (χ1n) is 13.2. The highest BCUT2D eigenvalue weighted by Crippen LogP contribution is 2.46. The molecule has 5 rings (SSSR count). The average molecular weight is 560 g/mol. The van der Waals surface area contributed by atoms with E-state index in [0.717, 1.165) is 6.42 Å². The Morgan fingerprint density at radius 3 is 2.45 bits per heavy atom. The fourth-order valence-corrected chi connectivity index (χ4v) is 5.16. The molecule has 214 valence electrons. The number of nitrogen functional groups attached to an aromatic ring is 1. The van der Waals surface area contributed by atoms with Gasteiger partial charge in [0.25, 0.3) is 0 Å². The van der Waals surface area contributed by atoms with Crippen LogP contribution in [0, 0.1) is 0 Å². The second-order valence-corrected chi connectivity index (χ2v) is 9.73. The van der Waals surface area contributed by atoms with Crippen molar-refractivity contribution in [2.24, 2.45) is 0 Å². The number of anilines is 2. The molecule has 0 bridgehead atoms. The van der Waals surface area contributed by atoms with Gasteiger partial charge < -0.3 is 34.6 Å². The normalized spacial score (nSPS) is 16.6. The van der Waals surface area contributed by atoms with Crippen molar-refractivity contribution in [2.45, 2.75) is 12.6 Å². The number of carbonyl (C=O) groups is 1. The molecule has 0 spiro atoms. The van der Waals surface area contributed by atoms with Gasteiger partial charge in [-0.15, -0.1) is 0 Å². The molecule has 3 aromatic rings. The molecule has 40 heavy (non-hydrogen) atoms. The second kappa shape index (κ2) is 11.7. The number of benzene rings is 2. The first kappa shape index (κ1) is 27.6. The first-order chi connectivity index (χ1) is 19.2. The Hall–Kier alpha value is -3.93. The minimum absolute atomic E-state index is 0.0137. The summed E-state index contributed by atoms with van der Waals surface area (Å²) in [4.78, 5) is 23.6. The number of hydrogen-bond donors (Lipinski definition) is 1. The number of nitrogens with two attached hydrogens (primary N) is 1. The number of rotatable bonds is 5. The van der Waals surface area contributed by atoms with E-state index in [9.17, 15) is 18.0 Å². The number of halogens is 3. The van der Waals surface area contributed by atoms with Crippen molar-refractivity contribution in [3.63, 3.8) is 0 Å². The largest absolute Gasteiger partial charge is 0.493 e. The Bertz CT molecular complexity index is 1350. The highest BCUT2D eigenvalue weighted by molar-refractivity contribution is 6.07. The van der Waals surface area contributed by atoms with Crippen LogP contribution in [0.2, 0.25) is 0 Å². The van der Waals surface area contributed by atoms with Crippen LogP contribution in [0.15, 0.2) is 42.5 Å². The van der Waals surface area contributed by atoms with Gasteiger partial charge in [0, 0.05) is 68.0 Å². The van der Waals surface area contributed by atoms with E-state index >= 15 is 0 Å². The van der Waals surface area contributed by atoms with E-state index < -0.39 is 12.8 Å². The maximum absolute atomic E-state index is 13.1. The summed E-state index contributed by atoms with van der Waals surface area (Å²) in [7, 11) is 1.37. The molecule has 2 saturated heterocycles. The molecule has 0 unspecified atom stereocenters. The number of hydrogen-bond acceptors (Lipinski definition) is 7. The molecule has 12 heteroatoms. The number of fused-ring (bicyclic) bond motifs is 1. The highest BCUT2D eigenvalue weighted by Gasteiger charge is 2.31. The predicted molar refractivity (Wildman–Crippen MR) is 146 cm³/mol. The molecule has 2 amide bonds. The lowest BCUT2D eigenvalue weighted by Gasteiger charge is -2.32.